The second-order valence-corrected chi connectivity index (χ2v) is 2.57. The van der Waals surface area contributed by atoms with E-state index in [0.29, 0.717) is 5.69 Å². The average molecular weight is 159 g/mol. The highest BCUT2D eigenvalue weighted by Crippen LogP contribution is 2.25. The Bertz CT molecular complexity index is 364. The zero-order valence-corrected chi connectivity index (χ0v) is 6.53. The quantitative estimate of drug-likeness (QED) is 0.694. The third kappa shape index (κ3) is 1.07. The van der Waals surface area contributed by atoms with Gasteiger partial charge in [-0.3, -0.25) is 0 Å². The first-order valence-electron chi connectivity index (χ1n) is 3.76. The van der Waals surface area contributed by atoms with Gasteiger partial charge in [-0.1, -0.05) is 30.3 Å². The molecule has 0 bridgehead atoms. The van der Waals surface area contributed by atoms with Crippen LogP contribution < -0.4 is 5.73 Å². The molecule has 0 radical (unpaired) electrons. The summed E-state index contributed by atoms with van der Waals surface area (Å²) in [5.74, 6) is 0.746. The summed E-state index contributed by atoms with van der Waals surface area (Å²) in [7, 11) is 0. The number of benzene rings is 1. The zero-order valence-electron chi connectivity index (χ0n) is 6.53. The van der Waals surface area contributed by atoms with Crippen molar-refractivity contribution in [2.45, 2.75) is 0 Å². The minimum absolute atomic E-state index is 0.682. The molecule has 0 saturated heterocycles. The average Bonchev–Trinajstić information content (AvgIpc) is 2.53. The third-order valence-corrected chi connectivity index (χ3v) is 1.73. The topological polar surface area (TPSA) is 39.2 Å². The van der Waals surface area contributed by atoms with E-state index in [4.69, 9.17) is 10.2 Å². The monoisotopic (exact) mass is 159 g/mol. The molecule has 2 N–H and O–H groups in total. The van der Waals surface area contributed by atoms with Crippen LogP contribution in [0.5, 0.6) is 0 Å². The molecule has 0 unspecified atom stereocenters. The van der Waals surface area contributed by atoms with E-state index in [9.17, 15) is 0 Å². The second-order valence-electron chi connectivity index (χ2n) is 2.57. The van der Waals surface area contributed by atoms with E-state index in [1.165, 1.54) is 0 Å². The van der Waals surface area contributed by atoms with Gasteiger partial charge in [-0.15, -0.1) is 0 Å². The van der Waals surface area contributed by atoms with E-state index in [-0.39, 0.29) is 0 Å². The molecule has 1 heterocycles. The number of anilines is 1. The molecule has 0 atom stereocenters. The normalized spacial score (nSPS) is 10.0. The Labute approximate surface area is 70.6 Å². The maximum Gasteiger partial charge on any atom is 0.156 e. The predicted octanol–water partition coefficient (Wildman–Crippen LogP) is 2.53. The standard InChI is InChI=1S/C10H9NO/c11-9-6-7-12-10(9)8-4-2-1-3-5-8/h1-7H,11H2. The van der Waals surface area contributed by atoms with Crippen molar-refractivity contribution < 1.29 is 4.42 Å². The molecule has 2 nitrogen and oxygen atoms in total. The first-order valence-corrected chi connectivity index (χ1v) is 3.76. The van der Waals surface area contributed by atoms with Crippen molar-refractivity contribution in [3.05, 3.63) is 42.7 Å². The molecule has 0 spiro atoms. The van der Waals surface area contributed by atoms with Crippen LogP contribution in [0.1, 0.15) is 0 Å². The number of nitrogen functional groups attached to an aromatic ring is 1. The van der Waals surface area contributed by atoms with E-state index in [1.807, 2.05) is 30.3 Å². The van der Waals surface area contributed by atoms with Crippen molar-refractivity contribution in [2.24, 2.45) is 0 Å². The van der Waals surface area contributed by atoms with E-state index in [0.717, 1.165) is 11.3 Å². The predicted molar refractivity (Wildman–Crippen MR) is 48.6 cm³/mol. The molecule has 2 rings (SSSR count). The van der Waals surface area contributed by atoms with Crippen LogP contribution in [0.2, 0.25) is 0 Å². The highest BCUT2D eigenvalue weighted by atomic mass is 16.3. The summed E-state index contributed by atoms with van der Waals surface area (Å²) < 4.78 is 5.23. The van der Waals surface area contributed by atoms with Gasteiger partial charge in [0, 0.05) is 11.6 Å². The highest BCUT2D eigenvalue weighted by Gasteiger charge is 2.03. The molecule has 0 aliphatic rings. The molecule has 60 valence electrons. The maximum absolute atomic E-state index is 5.68. The largest absolute Gasteiger partial charge is 0.462 e. The van der Waals surface area contributed by atoms with Crippen molar-refractivity contribution in [2.75, 3.05) is 5.73 Å². The summed E-state index contributed by atoms with van der Waals surface area (Å²) >= 11 is 0. The molecule has 12 heavy (non-hydrogen) atoms. The van der Waals surface area contributed by atoms with Crippen molar-refractivity contribution in [1.82, 2.24) is 0 Å². The van der Waals surface area contributed by atoms with Gasteiger partial charge in [0.1, 0.15) is 0 Å². The zero-order chi connectivity index (χ0) is 8.39. The number of hydrogen-bond donors (Lipinski definition) is 1. The van der Waals surface area contributed by atoms with Crippen LogP contribution in [0.3, 0.4) is 0 Å². The summed E-state index contributed by atoms with van der Waals surface area (Å²) in [6, 6.07) is 11.6. The van der Waals surface area contributed by atoms with Crippen LogP contribution in [0.25, 0.3) is 11.3 Å². The second kappa shape index (κ2) is 2.74. The van der Waals surface area contributed by atoms with Crippen LogP contribution in [0.15, 0.2) is 47.1 Å². The van der Waals surface area contributed by atoms with E-state index in [2.05, 4.69) is 0 Å². The fraction of sp³-hybridized carbons (Fsp3) is 0. The van der Waals surface area contributed by atoms with Crippen molar-refractivity contribution in [1.29, 1.82) is 0 Å². The molecule has 0 fully saturated rings. The smallest absolute Gasteiger partial charge is 0.156 e. The van der Waals surface area contributed by atoms with E-state index in [1.54, 1.807) is 12.3 Å². The van der Waals surface area contributed by atoms with Gasteiger partial charge in [-0.25, -0.2) is 0 Å². The molecule has 2 aromatic rings. The Kier molecular flexibility index (Phi) is 1.59. The SMILES string of the molecule is Nc1ccoc1-c1ccccc1. The molecule has 0 amide bonds. The molecule has 2 heteroatoms. The van der Waals surface area contributed by atoms with E-state index < -0.39 is 0 Å². The summed E-state index contributed by atoms with van der Waals surface area (Å²) in [5.41, 5.74) is 7.37. The summed E-state index contributed by atoms with van der Waals surface area (Å²) in [4.78, 5) is 0. The fourth-order valence-electron chi connectivity index (χ4n) is 1.14. The van der Waals surface area contributed by atoms with E-state index >= 15 is 0 Å². The molecule has 1 aromatic carbocycles. The van der Waals surface area contributed by atoms with Crippen LogP contribution in [-0.4, -0.2) is 0 Å². The Morgan fingerprint density at radius 2 is 1.75 bits per heavy atom. The van der Waals surface area contributed by atoms with Gasteiger partial charge in [0.15, 0.2) is 5.76 Å². The Hall–Kier alpha value is -1.70. The molecule has 0 aliphatic heterocycles. The minimum atomic E-state index is 0.682. The first-order chi connectivity index (χ1) is 5.88. The summed E-state index contributed by atoms with van der Waals surface area (Å²) in [6.07, 6.45) is 1.59. The minimum Gasteiger partial charge on any atom is -0.462 e. The molecule has 0 saturated carbocycles. The van der Waals surface area contributed by atoms with Crippen molar-refractivity contribution >= 4 is 5.69 Å². The van der Waals surface area contributed by atoms with Crippen LogP contribution in [-0.2, 0) is 0 Å². The van der Waals surface area contributed by atoms with Gasteiger partial charge in [0.25, 0.3) is 0 Å². The lowest BCUT2D eigenvalue weighted by Gasteiger charge is -1.96. The lowest BCUT2D eigenvalue weighted by Crippen LogP contribution is -1.83. The van der Waals surface area contributed by atoms with Crippen molar-refractivity contribution in [3.8, 4) is 11.3 Å². The maximum atomic E-state index is 5.68. The van der Waals surface area contributed by atoms with Crippen LogP contribution in [0, 0.1) is 0 Å². The van der Waals surface area contributed by atoms with Gasteiger partial charge in [-0.05, 0) is 0 Å². The number of furan rings is 1. The van der Waals surface area contributed by atoms with Gasteiger partial charge in [-0.2, -0.15) is 0 Å². The Balaban J connectivity index is 2.51. The van der Waals surface area contributed by atoms with Crippen LogP contribution in [0.4, 0.5) is 5.69 Å². The van der Waals surface area contributed by atoms with Crippen LogP contribution >= 0.6 is 0 Å². The van der Waals surface area contributed by atoms with Crippen molar-refractivity contribution in [3.63, 3.8) is 0 Å². The van der Waals surface area contributed by atoms with Gasteiger partial charge in [0.2, 0.25) is 0 Å². The third-order valence-electron chi connectivity index (χ3n) is 1.73. The molecular weight excluding hydrogens is 150 g/mol. The summed E-state index contributed by atoms with van der Waals surface area (Å²) in [5, 5.41) is 0. The summed E-state index contributed by atoms with van der Waals surface area (Å²) in [6.45, 7) is 0. The lowest BCUT2D eigenvalue weighted by molar-refractivity contribution is 0.583. The highest BCUT2D eigenvalue weighted by molar-refractivity contribution is 5.70. The van der Waals surface area contributed by atoms with Gasteiger partial charge >= 0.3 is 0 Å². The molecule has 1 aromatic heterocycles. The lowest BCUT2D eigenvalue weighted by atomic mass is 10.1. The number of rotatable bonds is 1. The fourth-order valence-corrected chi connectivity index (χ4v) is 1.14. The van der Waals surface area contributed by atoms with Gasteiger partial charge < -0.3 is 10.2 Å². The van der Waals surface area contributed by atoms with Gasteiger partial charge in [0.05, 0.1) is 12.0 Å². The molecule has 0 aliphatic carbocycles. The Morgan fingerprint density at radius 1 is 1.00 bits per heavy atom. The number of hydrogen-bond acceptors (Lipinski definition) is 2. The first kappa shape index (κ1) is 6.98. The molecular formula is C10H9NO. The Morgan fingerprint density at radius 3 is 2.33 bits per heavy atom. The number of nitrogens with two attached hydrogens (primary N) is 1.